The van der Waals surface area contributed by atoms with Gasteiger partial charge in [-0.05, 0) is 33.0 Å². The lowest BCUT2D eigenvalue weighted by atomic mass is 10.0. The Morgan fingerprint density at radius 2 is 1.81 bits per heavy atom. The summed E-state index contributed by atoms with van der Waals surface area (Å²) in [5.41, 5.74) is -2.31. The number of amides is 1. The molecule has 2 saturated heterocycles. The molecule has 4 heterocycles. The summed E-state index contributed by atoms with van der Waals surface area (Å²) in [6.45, 7) is 7.35. The third kappa shape index (κ3) is 6.23. The highest BCUT2D eigenvalue weighted by atomic mass is 19.4. The number of hydrogen-bond donors (Lipinski definition) is 2. The lowest BCUT2D eigenvalue weighted by molar-refractivity contribution is -0.138. The standard InChI is InChI=1S/C28H31F4N7O3/c1-16-14-38(5-4-37(16)3)24-10-22(29)19(18-11-34-27(35-12-18)39-6-7-42-17(2)15-39)8-23(24)36-26(41)20-13-33-25(40)9-21(20)28(30,31)32/h8-13,16-17H,4-7,14-15H2,1-3H3,(H,33,40)(H,36,41). The highest BCUT2D eigenvalue weighted by Gasteiger charge is 2.36. The number of carbonyl (C=O) groups excluding carboxylic acids is 1. The van der Waals surface area contributed by atoms with E-state index in [-0.39, 0.29) is 23.4 Å². The molecule has 14 heteroatoms. The van der Waals surface area contributed by atoms with Crippen molar-refractivity contribution in [2.45, 2.75) is 32.2 Å². The third-order valence-electron chi connectivity index (χ3n) is 7.58. The summed E-state index contributed by atoms with van der Waals surface area (Å²) in [4.78, 5) is 41.7. The van der Waals surface area contributed by atoms with Gasteiger partial charge in [-0.2, -0.15) is 13.2 Å². The van der Waals surface area contributed by atoms with Crippen LogP contribution in [-0.4, -0.2) is 84.3 Å². The predicted molar refractivity (Wildman–Crippen MR) is 149 cm³/mol. The van der Waals surface area contributed by atoms with Crippen molar-refractivity contribution in [3.8, 4) is 11.1 Å². The molecule has 2 aliphatic heterocycles. The number of carbonyl (C=O) groups is 1. The number of aromatic amines is 1. The van der Waals surface area contributed by atoms with Crippen LogP contribution in [0.3, 0.4) is 0 Å². The molecule has 2 aliphatic rings. The number of nitrogens with one attached hydrogen (secondary N) is 2. The van der Waals surface area contributed by atoms with E-state index in [2.05, 4.69) is 25.2 Å². The summed E-state index contributed by atoms with van der Waals surface area (Å²) in [5, 5.41) is 2.54. The van der Waals surface area contributed by atoms with E-state index in [1.807, 2.05) is 30.7 Å². The van der Waals surface area contributed by atoms with Gasteiger partial charge in [0.25, 0.3) is 5.91 Å². The molecular weight excluding hydrogens is 558 g/mol. The summed E-state index contributed by atoms with van der Waals surface area (Å²) in [5.74, 6) is -1.25. The number of piperazine rings is 1. The van der Waals surface area contributed by atoms with Crippen LogP contribution >= 0.6 is 0 Å². The lowest BCUT2D eigenvalue weighted by Gasteiger charge is -2.39. The van der Waals surface area contributed by atoms with E-state index < -0.39 is 34.6 Å². The van der Waals surface area contributed by atoms with E-state index >= 15 is 4.39 Å². The Hall–Kier alpha value is -4.04. The van der Waals surface area contributed by atoms with Crippen LogP contribution in [-0.2, 0) is 10.9 Å². The number of hydrogen-bond acceptors (Lipinski definition) is 8. The Morgan fingerprint density at radius 3 is 2.48 bits per heavy atom. The number of ether oxygens (including phenoxy) is 1. The summed E-state index contributed by atoms with van der Waals surface area (Å²) in [6, 6.07) is 3.07. The van der Waals surface area contributed by atoms with E-state index in [4.69, 9.17) is 4.74 Å². The Kier molecular flexibility index (Phi) is 8.19. The minimum absolute atomic E-state index is 0.00999. The molecular formula is C28H31F4N7O3. The van der Waals surface area contributed by atoms with Crippen molar-refractivity contribution in [3.05, 3.63) is 64.1 Å². The maximum Gasteiger partial charge on any atom is 0.417 e. The van der Waals surface area contributed by atoms with Crippen molar-refractivity contribution in [3.63, 3.8) is 0 Å². The van der Waals surface area contributed by atoms with Crippen LogP contribution in [0.25, 0.3) is 11.1 Å². The molecule has 0 saturated carbocycles. The van der Waals surface area contributed by atoms with Gasteiger partial charge in [0.1, 0.15) is 5.82 Å². The second-order valence-electron chi connectivity index (χ2n) is 10.6. The quantitative estimate of drug-likeness (QED) is 0.435. The third-order valence-corrected chi connectivity index (χ3v) is 7.58. The van der Waals surface area contributed by atoms with E-state index in [9.17, 15) is 22.8 Å². The van der Waals surface area contributed by atoms with Crippen LogP contribution in [0.15, 0.2) is 41.6 Å². The van der Waals surface area contributed by atoms with E-state index in [0.29, 0.717) is 62.6 Å². The highest BCUT2D eigenvalue weighted by Crippen LogP contribution is 2.36. The van der Waals surface area contributed by atoms with E-state index in [1.165, 1.54) is 24.5 Å². The van der Waals surface area contributed by atoms with Gasteiger partial charge < -0.3 is 29.7 Å². The molecule has 2 aromatic heterocycles. The summed E-state index contributed by atoms with van der Waals surface area (Å²) < 4.78 is 62.3. The zero-order valence-corrected chi connectivity index (χ0v) is 23.3. The molecule has 2 N–H and O–H groups in total. The zero-order valence-electron chi connectivity index (χ0n) is 23.3. The molecule has 5 rings (SSSR count). The van der Waals surface area contributed by atoms with E-state index in [1.54, 1.807) is 0 Å². The van der Waals surface area contributed by atoms with Gasteiger partial charge in [0.2, 0.25) is 11.5 Å². The average Bonchev–Trinajstić information content (AvgIpc) is 2.95. The second-order valence-corrected chi connectivity index (χ2v) is 10.6. The Morgan fingerprint density at radius 1 is 1.07 bits per heavy atom. The number of rotatable bonds is 5. The molecule has 2 fully saturated rings. The minimum atomic E-state index is -4.94. The molecule has 10 nitrogen and oxygen atoms in total. The molecule has 2 atom stereocenters. The van der Waals surface area contributed by atoms with Gasteiger partial charge in [0.15, 0.2) is 0 Å². The van der Waals surface area contributed by atoms with Crippen LogP contribution in [0.5, 0.6) is 0 Å². The lowest BCUT2D eigenvalue weighted by Crippen LogP contribution is -2.50. The zero-order chi connectivity index (χ0) is 30.2. The molecule has 1 aromatic carbocycles. The molecule has 0 aliphatic carbocycles. The number of likely N-dealkylation sites (N-methyl/N-ethyl adjacent to an activating group) is 1. The van der Waals surface area contributed by atoms with Crippen molar-refractivity contribution in [1.29, 1.82) is 0 Å². The van der Waals surface area contributed by atoms with Crippen LogP contribution < -0.4 is 20.7 Å². The number of aromatic nitrogens is 3. The fraction of sp³-hybridized carbons (Fsp3) is 0.429. The summed E-state index contributed by atoms with van der Waals surface area (Å²) in [7, 11) is 1.96. The number of anilines is 3. The fourth-order valence-electron chi connectivity index (χ4n) is 5.12. The highest BCUT2D eigenvalue weighted by molar-refractivity contribution is 6.07. The average molecular weight is 590 g/mol. The normalized spacial score (nSPS) is 20.1. The first-order valence-electron chi connectivity index (χ1n) is 13.5. The van der Waals surface area contributed by atoms with Gasteiger partial charge in [-0.15, -0.1) is 0 Å². The van der Waals surface area contributed by atoms with Gasteiger partial charge in [0, 0.05) is 74.5 Å². The van der Waals surface area contributed by atoms with Gasteiger partial charge >= 0.3 is 6.18 Å². The smallest absolute Gasteiger partial charge is 0.375 e. The first-order chi connectivity index (χ1) is 19.9. The molecule has 0 radical (unpaired) electrons. The monoisotopic (exact) mass is 589 g/mol. The molecule has 0 bridgehead atoms. The number of benzene rings is 1. The van der Waals surface area contributed by atoms with Crippen LogP contribution in [0.1, 0.15) is 29.8 Å². The maximum absolute atomic E-state index is 15.7. The molecule has 2 unspecified atom stereocenters. The number of nitrogens with zero attached hydrogens (tertiary/aromatic N) is 5. The van der Waals surface area contributed by atoms with E-state index in [0.717, 1.165) is 6.20 Å². The van der Waals surface area contributed by atoms with Crippen LogP contribution in [0.2, 0.25) is 0 Å². The molecule has 0 spiro atoms. The topological polar surface area (TPSA) is 107 Å². The van der Waals surface area contributed by atoms with Crippen molar-refractivity contribution in [2.75, 3.05) is 61.5 Å². The van der Waals surface area contributed by atoms with Crippen molar-refractivity contribution in [1.82, 2.24) is 19.9 Å². The number of morpholine rings is 1. The first kappa shape index (κ1) is 29.5. The number of H-pyrrole nitrogens is 1. The summed E-state index contributed by atoms with van der Waals surface area (Å²) in [6.07, 6.45) is -1.28. The molecule has 224 valence electrons. The molecule has 1 amide bonds. The van der Waals surface area contributed by atoms with Crippen molar-refractivity contribution in [2.24, 2.45) is 0 Å². The van der Waals surface area contributed by atoms with Gasteiger partial charge in [-0.25, -0.2) is 14.4 Å². The Balaban J connectivity index is 1.52. The number of alkyl halides is 3. The Labute approximate surface area is 239 Å². The maximum atomic E-state index is 15.7. The first-order valence-corrected chi connectivity index (χ1v) is 13.5. The van der Waals surface area contributed by atoms with Gasteiger partial charge in [-0.1, -0.05) is 0 Å². The van der Waals surface area contributed by atoms with Crippen molar-refractivity contribution >= 4 is 23.2 Å². The largest absolute Gasteiger partial charge is 0.417 e. The second kappa shape index (κ2) is 11.7. The van der Waals surface area contributed by atoms with Gasteiger partial charge in [0.05, 0.1) is 35.2 Å². The SMILES string of the molecule is CC1CN(c2ncc(-c3cc(NC(=O)c4c[nH]c(=O)cc4C(F)(F)F)c(N4CCN(C)C(C)C4)cc3F)cn2)CCO1. The number of pyridine rings is 1. The molecule has 3 aromatic rings. The molecule has 42 heavy (non-hydrogen) atoms. The number of halogens is 4. The minimum Gasteiger partial charge on any atom is -0.375 e. The summed E-state index contributed by atoms with van der Waals surface area (Å²) >= 11 is 0. The Bertz CT molecular complexity index is 1510. The predicted octanol–water partition coefficient (Wildman–Crippen LogP) is 3.61. The van der Waals surface area contributed by atoms with Crippen molar-refractivity contribution < 1.29 is 27.1 Å². The van der Waals surface area contributed by atoms with Crippen LogP contribution in [0.4, 0.5) is 34.9 Å². The van der Waals surface area contributed by atoms with Gasteiger partial charge in [-0.3, -0.25) is 9.59 Å². The fourth-order valence-corrected chi connectivity index (χ4v) is 5.12. The van der Waals surface area contributed by atoms with Crippen LogP contribution in [0, 0.1) is 5.82 Å².